The molecule has 1 atom stereocenters. The van der Waals surface area contributed by atoms with E-state index < -0.39 is 18.1 Å². The molecule has 32 heavy (non-hydrogen) atoms. The Morgan fingerprint density at radius 1 is 0.969 bits per heavy atom. The van der Waals surface area contributed by atoms with E-state index in [1.54, 1.807) is 60.7 Å². The highest BCUT2D eigenvalue weighted by Gasteiger charge is 2.38. The zero-order valence-electron chi connectivity index (χ0n) is 16.5. The summed E-state index contributed by atoms with van der Waals surface area (Å²) >= 11 is 5.92. The van der Waals surface area contributed by atoms with Gasteiger partial charge in [0, 0.05) is 10.7 Å². The fourth-order valence-corrected chi connectivity index (χ4v) is 3.86. The van der Waals surface area contributed by atoms with Crippen molar-refractivity contribution < 1.29 is 14.3 Å². The maximum Gasteiger partial charge on any atom is 0.323 e. The lowest BCUT2D eigenvalue weighted by atomic mass is 9.96. The molecule has 1 saturated heterocycles. The molecule has 2 heterocycles. The van der Waals surface area contributed by atoms with Crippen molar-refractivity contribution in [3.8, 4) is 17.6 Å². The van der Waals surface area contributed by atoms with Gasteiger partial charge in [-0.15, -0.1) is 0 Å². The molecule has 1 unspecified atom stereocenters. The van der Waals surface area contributed by atoms with Gasteiger partial charge in [0.25, 0.3) is 5.91 Å². The van der Waals surface area contributed by atoms with Crippen LogP contribution in [0.25, 0.3) is 6.08 Å². The van der Waals surface area contributed by atoms with Crippen molar-refractivity contribution in [3.05, 3.63) is 88.5 Å². The Labute approximate surface area is 188 Å². The molecule has 3 aromatic carbocycles. The Bertz CT molecular complexity index is 1310. The molecule has 0 spiro atoms. The molecule has 8 heteroatoms. The van der Waals surface area contributed by atoms with Crippen LogP contribution in [0.1, 0.15) is 11.1 Å². The van der Waals surface area contributed by atoms with Crippen LogP contribution in [0.2, 0.25) is 5.02 Å². The molecule has 0 saturated carbocycles. The summed E-state index contributed by atoms with van der Waals surface area (Å²) < 4.78 is 5.86. The predicted octanol–water partition coefficient (Wildman–Crippen LogP) is 4.70. The summed E-state index contributed by atoms with van der Waals surface area (Å²) in [5.41, 5.74) is 3.07. The van der Waals surface area contributed by atoms with E-state index in [0.717, 1.165) is 11.3 Å². The topological polar surface area (TPSA) is 94.5 Å². The van der Waals surface area contributed by atoms with Crippen LogP contribution >= 0.6 is 11.6 Å². The third-order valence-corrected chi connectivity index (χ3v) is 5.46. The quantitative estimate of drug-likeness (QED) is 0.612. The lowest BCUT2D eigenvalue weighted by Crippen LogP contribution is -2.60. The second-order valence-electron chi connectivity index (χ2n) is 7.24. The van der Waals surface area contributed by atoms with Crippen LogP contribution in [0, 0.1) is 11.3 Å². The number of imide groups is 1. The number of rotatable bonds is 3. The van der Waals surface area contributed by atoms with Crippen molar-refractivity contribution in [1.29, 1.82) is 5.26 Å². The highest BCUT2D eigenvalue weighted by Crippen LogP contribution is 2.39. The van der Waals surface area contributed by atoms with Crippen molar-refractivity contribution in [3.63, 3.8) is 0 Å². The van der Waals surface area contributed by atoms with E-state index >= 15 is 0 Å². The van der Waals surface area contributed by atoms with Crippen LogP contribution in [0.5, 0.6) is 11.5 Å². The molecule has 0 aliphatic carbocycles. The van der Waals surface area contributed by atoms with Crippen molar-refractivity contribution in [2.24, 2.45) is 0 Å². The number of nitrogens with zero attached hydrogens (tertiary/aromatic N) is 2. The van der Waals surface area contributed by atoms with Crippen molar-refractivity contribution in [1.82, 2.24) is 10.6 Å². The molecule has 2 aliphatic heterocycles. The van der Waals surface area contributed by atoms with Gasteiger partial charge < -0.3 is 15.0 Å². The average Bonchev–Trinajstić information content (AvgIpc) is 2.80. The van der Waals surface area contributed by atoms with E-state index in [-0.39, 0.29) is 0 Å². The molecule has 1 fully saturated rings. The van der Waals surface area contributed by atoms with Gasteiger partial charge in [-0.25, -0.2) is 4.79 Å². The number of fused-ring (bicyclic) bond motifs is 2. The van der Waals surface area contributed by atoms with Gasteiger partial charge >= 0.3 is 6.03 Å². The first kappa shape index (κ1) is 19.7. The maximum atomic E-state index is 12.5. The highest BCUT2D eigenvalue weighted by molar-refractivity contribution is 6.30. The number of hydrogen-bond acceptors (Lipinski definition) is 5. The second-order valence-corrected chi connectivity index (χ2v) is 7.67. The van der Waals surface area contributed by atoms with E-state index in [1.807, 2.05) is 17.0 Å². The zero-order chi connectivity index (χ0) is 22.2. The summed E-state index contributed by atoms with van der Waals surface area (Å²) in [6.45, 7) is 0. The minimum atomic E-state index is -0.708. The predicted molar refractivity (Wildman–Crippen MR) is 120 cm³/mol. The molecule has 5 rings (SSSR count). The normalized spacial score (nSPS) is 16.7. The largest absolute Gasteiger partial charge is 0.457 e. The monoisotopic (exact) mass is 442 g/mol. The standard InChI is InChI=1S/C24H15ClN4O3/c25-16-3-7-18(8-4-16)32-19-9-5-17(6-10-19)29-21-11-14(13-26)1-2-15(21)12-20-22(29)27-24(31)28-23(20)30/h1-12,22H,(H2,27,28,30,31). The number of benzene rings is 3. The van der Waals surface area contributed by atoms with E-state index in [0.29, 0.717) is 33.3 Å². The van der Waals surface area contributed by atoms with Crippen LogP contribution in [-0.4, -0.2) is 18.1 Å². The Morgan fingerprint density at radius 2 is 1.66 bits per heavy atom. The van der Waals surface area contributed by atoms with Crippen LogP contribution in [0.4, 0.5) is 16.2 Å². The smallest absolute Gasteiger partial charge is 0.323 e. The summed E-state index contributed by atoms with van der Waals surface area (Å²) in [5.74, 6) is 0.798. The number of amides is 3. The first-order chi connectivity index (χ1) is 15.5. The molecule has 156 valence electrons. The fraction of sp³-hybridized carbons (Fsp3) is 0.0417. The van der Waals surface area contributed by atoms with Crippen LogP contribution in [0.3, 0.4) is 0 Å². The molecule has 7 nitrogen and oxygen atoms in total. The summed E-state index contributed by atoms with van der Waals surface area (Å²) in [6, 6.07) is 21.0. The molecule has 0 bridgehead atoms. The Hall–Kier alpha value is -4.28. The Morgan fingerprint density at radius 3 is 2.34 bits per heavy atom. The fourth-order valence-electron chi connectivity index (χ4n) is 3.74. The number of urea groups is 1. The molecule has 3 aromatic rings. The maximum absolute atomic E-state index is 12.5. The molecule has 0 aromatic heterocycles. The second kappa shape index (κ2) is 7.76. The van der Waals surface area contributed by atoms with Gasteiger partial charge in [0.05, 0.1) is 22.9 Å². The molecular weight excluding hydrogens is 428 g/mol. The molecule has 2 aliphatic rings. The molecule has 0 radical (unpaired) electrons. The summed E-state index contributed by atoms with van der Waals surface area (Å²) in [4.78, 5) is 26.4. The number of nitrogens with one attached hydrogen (secondary N) is 2. The number of carbonyl (C=O) groups is 2. The van der Waals surface area contributed by atoms with Gasteiger partial charge in [-0.2, -0.15) is 5.26 Å². The lowest BCUT2D eigenvalue weighted by Gasteiger charge is -2.41. The summed E-state index contributed by atoms with van der Waals surface area (Å²) in [7, 11) is 0. The first-order valence-electron chi connectivity index (χ1n) is 9.72. The van der Waals surface area contributed by atoms with Crippen molar-refractivity contribution in [2.45, 2.75) is 6.17 Å². The minimum Gasteiger partial charge on any atom is -0.457 e. The van der Waals surface area contributed by atoms with Gasteiger partial charge in [-0.05, 0) is 72.3 Å². The molecular formula is C24H15ClN4O3. The Kier molecular flexibility index (Phi) is 4.77. The third kappa shape index (κ3) is 3.53. The summed E-state index contributed by atoms with van der Waals surface area (Å²) in [6.07, 6.45) is 1.02. The number of halogens is 1. The van der Waals surface area contributed by atoms with E-state index in [4.69, 9.17) is 16.3 Å². The van der Waals surface area contributed by atoms with E-state index in [1.165, 1.54) is 0 Å². The van der Waals surface area contributed by atoms with Crippen LogP contribution < -0.4 is 20.3 Å². The van der Waals surface area contributed by atoms with Gasteiger partial charge in [-0.1, -0.05) is 17.7 Å². The van der Waals surface area contributed by atoms with Gasteiger partial charge in [0.1, 0.15) is 17.7 Å². The van der Waals surface area contributed by atoms with E-state index in [9.17, 15) is 14.9 Å². The SMILES string of the molecule is N#Cc1ccc2c(c1)N(c1ccc(Oc3ccc(Cl)cc3)cc1)C1NC(=O)NC(=O)C1=C2. The third-order valence-electron chi connectivity index (χ3n) is 5.20. The van der Waals surface area contributed by atoms with Crippen LogP contribution in [0.15, 0.2) is 72.3 Å². The number of anilines is 2. The number of nitriles is 1. The average molecular weight is 443 g/mol. The highest BCUT2D eigenvalue weighted by atomic mass is 35.5. The number of ether oxygens (including phenoxy) is 1. The van der Waals surface area contributed by atoms with Crippen molar-refractivity contribution in [2.75, 3.05) is 4.90 Å². The number of hydrogen-bond donors (Lipinski definition) is 2. The van der Waals surface area contributed by atoms with Crippen molar-refractivity contribution >= 4 is 41.0 Å². The van der Waals surface area contributed by atoms with Gasteiger partial charge in [-0.3, -0.25) is 10.1 Å². The van der Waals surface area contributed by atoms with Crippen LogP contribution in [-0.2, 0) is 4.79 Å². The Balaban J connectivity index is 1.54. The van der Waals surface area contributed by atoms with Gasteiger partial charge in [0.15, 0.2) is 0 Å². The zero-order valence-corrected chi connectivity index (χ0v) is 17.3. The number of carbonyl (C=O) groups excluding carboxylic acids is 2. The lowest BCUT2D eigenvalue weighted by molar-refractivity contribution is -0.117. The van der Waals surface area contributed by atoms with Gasteiger partial charge in [0.2, 0.25) is 0 Å². The summed E-state index contributed by atoms with van der Waals surface area (Å²) in [5, 5.41) is 15.1. The van der Waals surface area contributed by atoms with E-state index in [2.05, 4.69) is 16.7 Å². The molecule has 2 N–H and O–H groups in total. The minimum absolute atomic E-state index is 0.406. The molecule has 3 amide bonds. The first-order valence-corrected chi connectivity index (χ1v) is 10.1.